The van der Waals surface area contributed by atoms with Crippen LogP contribution in [0.25, 0.3) is 0 Å². The summed E-state index contributed by atoms with van der Waals surface area (Å²) in [5.74, 6) is -0.565. The first-order valence-electron chi connectivity index (χ1n) is 9.76. The summed E-state index contributed by atoms with van der Waals surface area (Å²) in [7, 11) is -3.84. The van der Waals surface area contributed by atoms with Crippen molar-refractivity contribution >= 4 is 44.8 Å². The number of amides is 2. The van der Waals surface area contributed by atoms with Gasteiger partial charge in [-0.05, 0) is 67.9 Å². The van der Waals surface area contributed by atoms with Gasteiger partial charge in [-0.1, -0.05) is 29.3 Å². The Morgan fingerprint density at radius 1 is 0.970 bits per heavy atom. The molecule has 8 nitrogen and oxygen atoms in total. The first-order chi connectivity index (χ1) is 15.5. The largest absolute Gasteiger partial charge is 0.482 e. The number of rotatable bonds is 7. The monoisotopic (exact) mass is 487 g/mol. The number of sulfonamides is 1. The van der Waals surface area contributed by atoms with Crippen molar-refractivity contribution < 1.29 is 22.7 Å². The molecule has 0 aliphatic rings. The van der Waals surface area contributed by atoms with Gasteiger partial charge in [-0.15, -0.1) is 0 Å². The van der Waals surface area contributed by atoms with Gasteiger partial charge in [-0.3, -0.25) is 9.59 Å². The van der Waals surface area contributed by atoms with Gasteiger partial charge in [0, 0.05) is 16.3 Å². The summed E-state index contributed by atoms with van der Waals surface area (Å²) in [4.78, 5) is 24.9. The molecule has 0 spiro atoms. The second-order valence-corrected chi connectivity index (χ2v) is 9.32. The van der Waals surface area contributed by atoms with Crippen LogP contribution in [0.1, 0.15) is 21.5 Å². The lowest BCUT2D eigenvalue weighted by Gasteiger charge is -2.14. The Balaban J connectivity index is 1.69. The molecule has 0 bridgehead atoms. The molecular formula is C23H22ClN3O5S. The van der Waals surface area contributed by atoms with E-state index in [0.717, 1.165) is 5.56 Å². The molecule has 0 unspecified atom stereocenters. The number of hydrogen-bond donors (Lipinski definition) is 3. The number of ether oxygens (including phenoxy) is 1. The standard InChI is InChI=1S/C23H22ClN3O5S/c1-14-4-3-5-16(10-14)23(29)27-20-12-17(24)6-9-21(20)32-13-22(28)26-19-8-7-18(11-15(19)2)33(25,30)31/h3-12H,13H2,1-2H3,(H,26,28)(H,27,29)(H2,25,30,31). The molecule has 0 saturated heterocycles. The Labute approximate surface area is 196 Å². The lowest BCUT2D eigenvalue weighted by atomic mass is 10.1. The number of benzene rings is 3. The topological polar surface area (TPSA) is 128 Å². The molecule has 0 heterocycles. The van der Waals surface area contributed by atoms with Crippen molar-refractivity contribution in [2.24, 2.45) is 5.14 Å². The van der Waals surface area contributed by atoms with Crippen molar-refractivity contribution in [3.63, 3.8) is 0 Å². The Hall–Kier alpha value is -3.40. The third-order valence-corrected chi connectivity index (χ3v) is 5.78. The highest BCUT2D eigenvalue weighted by atomic mass is 35.5. The number of hydrogen-bond acceptors (Lipinski definition) is 5. The number of carbonyl (C=O) groups excluding carboxylic acids is 2. The van der Waals surface area contributed by atoms with E-state index in [-0.39, 0.29) is 23.2 Å². The van der Waals surface area contributed by atoms with E-state index in [1.165, 1.54) is 24.3 Å². The smallest absolute Gasteiger partial charge is 0.262 e. The van der Waals surface area contributed by atoms with Gasteiger partial charge < -0.3 is 15.4 Å². The van der Waals surface area contributed by atoms with Gasteiger partial charge in [0.25, 0.3) is 11.8 Å². The van der Waals surface area contributed by atoms with Gasteiger partial charge in [0.2, 0.25) is 10.0 Å². The molecule has 10 heteroatoms. The average molecular weight is 488 g/mol. The molecule has 3 rings (SSSR count). The molecular weight excluding hydrogens is 466 g/mol. The lowest BCUT2D eigenvalue weighted by Crippen LogP contribution is -2.21. The fourth-order valence-electron chi connectivity index (χ4n) is 2.99. The van der Waals surface area contributed by atoms with E-state index in [2.05, 4.69) is 10.6 Å². The van der Waals surface area contributed by atoms with Gasteiger partial charge in [0.15, 0.2) is 6.61 Å². The zero-order valence-electron chi connectivity index (χ0n) is 17.9. The summed E-state index contributed by atoms with van der Waals surface area (Å²) in [6.45, 7) is 3.17. The molecule has 0 atom stereocenters. The molecule has 3 aromatic carbocycles. The second-order valence-electron chi connectivity index (χ2n) is 7.32. The summed E-state index contributed by atoms with van der Waals surface area (Å²) in [5.41, 5.74) is 2.66. The fourth-order valence-corrected chi connectivity index (χ4v) is 3.76. The minimum atomic E-state index is -3.84. The highest BCUT2D eigenvalue weighted by Gasteiger charge is 2.14. The molecule has 0 aliphatic carbocycles. The number of carbonyl (C=O) groups is 2. The first kappa shape index (κ1) is 24.2. The van der Waals surface area contributed by atoms with E-state index in [1.807, 2.05) is 13.0 Å². The molecule has 0 saturated carbocycles. The second kappa shape index (κ2) is 10.0. The van der Waals surface area contributed by atoms with E-state index in [9.17, 15) is 18.0 Å². The van der Waals surface area contributed by atoms with E-state index >= 15 is 0 Å². The molecule has 3 aromatic rings. The Morgan fingerprint density at radius 3 is 2.39 bits per heavy atom. The highest BCUT2D eigenvalue weighted by Crippen LogP contribution is 2.29. The van der Waals surface area contributed by atoms with E-state index in [4.69, 9.17) is 21.5 Å². The van der Waals surface area contributed by atoms with Crippen LogP contribution in [0.2, 0.25) is 5.02 Å². The summed E-state index contributed by atoms with van der Waals surface area (Å²) in [5, 5.41) is 10.9. The number of nitrogens with one attached hydrogen (secondary N) is 2. The minimum Gasteiger partial charge on any atom is -0.482 e. The zero-order valence-corrected chi connectivity index (χ0v) is 19.5. The van der Waals surface area contributed by atoms with Crippen LogP contribution in [0.5, 0.6) is 5.75 Å². The van der Waals surface area contributed by atoms with Crippen molar-refractivity contribution in [2.45, 2.75) is 18.7 Å². The number of nitrogens with two attached hydrogens (primary N) is 1. The molecule has 33 heavy (non-hydrogen) atoms. The van der Waals surface area contributed by atoms with Gasteiger partial charge in [0.1, 0.15) is 5.75 Å². The van der Waals surface area contributed by atoms with Crippen molar-refractivity contribution in [1.29, 1.82) is 0 Å². The first-order valence-corrected chi connectivity index (χ1v) is 11.7. The molecule has 0 aliphatic heterocycles. The van der Waals surface area contributed by atoms with Crippen LogP contribution < -0.4 is 20.5 Å². The van der Waals surface area contributed by atoms with Crippen LogP contribution in [-0.2, 0) is 14.8 Å². The molecule has 2 amide bonds. The van der Waals surface area contributed by atoms with Crippen LogP contribution in [0, 0.1) is 13.8 Å². The van der Waals surface area contributed by atoms with Crippen LogP contribution >= 0.6 is 11.6 Å². The van der Waals surface area contributed by atoms with Crippen LogP contribution in [0.15, 0.2) is 65.6 Å². The lowest BCUT2D eigenvalue weighted by molar-refractivity contribution is -0.118. The highest BCUT2D eigenvalue weighted by molar-refractivity contribution is 7.89. The maximum Gasteiger partial charge on any atom is 0.262 e. The Kier molecular flexibility index (Phi) is 7.37. The SMILES string of the molecule is Cc1cccc(C(=O)Nc2cc(Cl)ccc2OCC(=O)Nc2ccc(S(N)(=O)=O)cc2C)c1. The van der Waals surface area contributed by atoms with Crippen LogP contribution in [0.3, 0.4) is 0 Å². The number of anilines is 2. The fraction of sp³-hybridized carbons (Fsp3) is 0.130. The van der Waals surface area contributed by atoms with Gasteiger partial charge in [-0.2, -0.15) is 0 Å². The predicted molar refractivity (Wildman–Crippen MR) is 127 cm³/mol. The molecule has 172 valence electrons. The van der Waals surface area contributed by atoms with Gasteiger partial charge in [0.05, 0.1) is 10.6 Å². The van der Waals surface area contributed by atoms with Gasteiger partial charge >= 0.3 is 0 Å². The Morgan fingerprint density at radius 2 is 1.73 bits per heavy atom. The van der Waals surface area contributed by atoms with E-state index < -0.39 is 15.9 Å². The van der Waals surface area contributed by atoms with Crippen molar-refractivity contribution in [3.8, 4) is 5.75 Å². The van der Waals surface area contributed by atoms with E-state index in [0.29, 0.717) is 27.5 Å². The summed E-state index contributed by atoms with van der Waals surface area (Å²) >= 11 is 6.07. The predicted octanol–water partition coefficient (Wildman–Crippen LogP) is 3.87. The summed E-state index contributed by atoms with van der Waals surface area (Å²) in [6, 6.07) is 15.9. The van der Waals surface area contributed by atoms with E-state index in [1.54, 1.807) is 37.3 Å². The average Bonchev–Trinajstić information content (AvgIpc) is 2.74. The van der Waals surface area contributed by atoms with Crippen LogP contribution in [-0.4, -0.2) is 26.8 Å². The quantitative estimate of drug-likeness (QED) is 0.466. The maximum atomic E-state index is 12.6. The third-order valence-electron chi connectivity index (χ3n) is 4.63. The maximum absolute atomic E-state index is 12.6. The van der Waals surface area contributed by atoms with Crippen molar-refractivity contribution in [1.82, 2.24) is 0 Å². The molecule has 4 N–H and O–H groups in total. The third kappa shape index (κ3) is 6.55. The van der Waals surface area contributed by atoms with Crippen molar-refractivity contribution in [3.05, 3.63) is 82.4 Å². The summed E-state index contributed by atoms with van der Waals surface area (Å²) in [6.07, 6.45) is 0. The molecule has 0 fully saturated rings. The molecule has 0 aromatic heterocycles. The van der Waals surface area contributed by atoms with Gasteiger partial charge in [-0.25, -0.2) is 13.6 Å². The number of aryl methyl sites for hydroxylation is 2. The van der Waals surface area contributed by atoms with Crippen LogP contribution in [0.4, 0.5) is 11.4 Å². The number of primary sulfonamides is 1. The molecule has 0 radical (unpaired) electrons. The number of halogens is 1. The van der Waals surface area contributed by atoms with Crippen molar-refractivity contribution in [2.75, 3.05) is 17.2 Å². The Bertz CT molecular complexity index is 1330. The normalized spacial score (nSPS) is 11.0. The minimum absolute atomic E-state index is 0.0515. The summed E-state index contributed by atoms with van der Waals surface area (Å²) < 4.78 is 28.5. The zero-order chi connectivity index (χ0) is 24.2.